The summed E-state index contributed by atoms with van der Waals surface area (Å²) in [6.45, 7) is 11.0. The lowest BCUT2D eigenvalue weighted by Gasteiger charge is -2.08. The Morgan fingerprint density at radius 1 is 1.36 bits per heavy atom. The first-order valence-electron chi connectivity index (χ1n) is 5.77. The first-order valence-corrected chi connectivity index (χ1v) is 5.77. The van der Waals surface area contributed by atoms with Crippen LogP contribution in [0.5, 0.6) is 0 Å². The maximum absolute atomic E-state index is 10.7. The lowest BCUT2D eigenvalue weighted by molar-refractivity contribution is -0.116. The van der Waals surface area contributed by atoms with Gasteiger partial charge < -0.3 is 5.32 Å². The van der Waals surface area contributed by atoms with E-state index >= 15 is 0 Å². The third-order valence-electron chi connectivity index (χ3n) is 1.88. The molecule has 1 aliphatic rings. The first-order chi connectivity index (χ1) is 6.83. The molecule has 14 heavy (non-hydrogen) atoms. The molecule has 1 aliphatic heterocycles. The number of nitrogens with one attached hydrogen (secondary N) is 1. The fourth-order valence-electron chi connectivity index (χ4n) is 1.07. The van der Waals surface area contributed by atoms with Crippen molar-refractivity contribution in [3.63, 3.8) is 0 Å². The lowest BCUT2D eigenvalue weighted by atomic mass is 10.0. The van der Waals surface area contributed by atoms with Crippen molar-refractivity contribution in [3.8, 4) is 0 Å². The molecule has 0 aliphatic carbocycles. The average molecular weight is 199 g/mol. The van der Waals surface area contributed by atoms with Crippen LogP contribution in [0.15, 0.2) is 12.2 Å². The molecule has 0 aromatic rings. The van der Waals surface area contributed by atoms with E-state index in [0.29, 0.717) is 5.92 Å². The molecule has 2 nitrogen and oxygen atoms in total. The molecule has 84 valence electrons. The van der Waals surface area contributed by atoms with Crippen molar-refractivity contribution in [1.82, 2.24) is 5.32 Å². The van der Waals surface area contributed by atoms with Crippen molar-refractivity contribution in [1.29, 1.82) is 0 Å². The number of carbonyl (C=O) groups is 1. The fraction of sp³-hybridized carbons (Fsp3) is 0.750. The predicted molar refractivity (Wildman–Crippen MR) is 63.2 cm³/mol. The number of hydrogen-bond donors (Lipinski definition) is 1. The van der Waals surface area contributed by atoms with Gasteiger partial charge >= 0.3 is 0 Å². The van der Waals surface area contributed by atoms with Crippen LogP contribution in [0.2, 0.25) is 0 Å². The molecule has 0 saturated heterocycles. The van der Waals surface area contributed by atoms with Crippen LogP contribution in [-0.2, 0) is 4.79 Å². The molecule has 0 fully saturated rings. The van der Waals surface area contributed by atoms with Crippen LogP contribution in [0.4, 0.5) is 0 Å². The van der Waals surface area contributed by atoms with Crippen LogP contribution in [0.25, 0.3) is 0 Å². The van der Waals surface area contributed by atoms with E-state index in [1.165, 1.54) is 0 Å². The fourth-order valence-corrected chi connectivity index (χ4v) is 1.07. The Hall–Kier alpha value is -0.790. The highest BCUT2D eigenvalue weighted by Gasteiger charge is 2.08. The molecule has 1 N–H and O–H groups in total. The van der Waals surface area contributed by atoms with Crippen LogP contribution in [-0.4, -0.2) is 12.5 Å². The van der Waals surface area contributed by atoms with Gasteiger partial charge in [-0.05, 0) is 18.4 Å². The molecule has 1 rings (SSSR count). The maximum Gasteiger partial charge on any atom is 0.243 e. The van der Waals surface area contributed by atoms with Crippen molar-refractivity contribution in [2.45, 2.75) is 47.5 Å². The molecular formula is C12H25NO. The summed E-state index contributed by atoms with van der Waals surface area (Å²) in [6, 6.07) is 0. The van der Waals surface area contributed by atoms with E-state index in [2.05, 4.69) is 12.2 Å². The third-order valence-corrected chi connectivity index (χ3v) is 1.88. The van der Waals surface area contributed by atoms with E-state index in [4.69, 9.17) is 0 Å². The van der Waals surface area contributed by atoms with Crippen LogP contribution in [0.3, 0.4) is 0 Å². The summed E-state index contributed by atoms with van der Waals surface area (Å²) < 4.78 is 0. The lowest BCUT2D eigenvalue weighted by Crippen LogP contribution is -2.25. The number of hydrogen-bond acceptors (Lipinski definition) is 1. The third kappa shape index (κ3) is 7.84. The molecule has 1 amide bonds. The van der Waals surface area contributed by atoms with Gasteiger partial charge in [-0.2, -0.15) is 0 Å². The number of allylic oxidation sites excluding steroid dienone is 1. The van der Waals surface area contributed by atoms with Crippen molar-refractivity contribution in [3.05, 3.63) is 12.2 Å². The van der Waals surface area contributed by atoms with E-state index in [1.54, 1.807) is 6.08 Å². The molecule has 0 aromatic heterocycles. The van der Waals surface area contributed by atoms with E-state index in [1.807, 2.05) is 33.8 Å². The monoisotopic (exact) mass is 199 g/mol. The van der Waals surface area contributed by atoms with E-state index < -0.39 is 0 Å². The van der Waals surface area contributed by atoms with Crippen LogP contribution >= 0.6 is 0 Å². The average Bonchev–Trinajstić information content (AvgIpc) is 2.48. The molecular weight excluding hydrogens is 174 g/mol. The molecule has 1 atom stereocenters. The minimum Gasteiger partial charge on any atom is -0.352 e. The highest BCUT2D eigenvalue weighted by Crippen LogP contribution is 2.09. The van der Waals surface area contributed by atoms with Crippen molar-refractivity contribution in [2.75, 3.05) is 6.54 Å². The molecule has 1 heterocycles. The van der Waals surface area contributed by atoms with Gasteiger partial charge in [0, 0.05) is 6.54 Å². The zero-order valence-corrected chi connectivity index (χ0v) is 10.3. The van der Waals surface area contributed by atoms with Gasteiger partial charge in [0.1, 0.15) is 0 Å². The molecule has 0 saturated carbocycles. The summed E-state index contributed by atoms with van der Waals surface area (Å²) in [5.74, 6) is 0.693. The van der Waals surface area contributed by atoms with Gasteiger partial charge in [0.15, 0.2) is 0 Å². The zero-order valence-electron chi connectivity index (χ0n) is 10.3. The Balaban J connectivity index is 0. The largest absolute Gasteiger partial charge is 0.352 e. The van der Waals surface area contributed by atoms with E-state index in [0.717, 1.165) is 19.4 Å². The first kappa shape index (κ1) is 15.7. The van der Waals surface area contributed by atoms with Gasteiger partial charge in [-0.3, -0.25) is 4.79 Å². The van der Waals surface area contributed by atoms with Crippen LogP contribution in [0.1, 0.15) is 47.5 Å². The molecule has 1 unspecified atom stereocenters. The van der Waals surface area contributed by atoms with Crippen LogP contribution < -0.4 is 5.32 Å². The number of amides is 1. The summed E-state index contributed by atoms with van der Waals surface area (Å²) in [5.41, 5.74) is 0. The Labute approximate surface area is 88.8 Å². The Morgan fingerprint density at radius 2 is 1.93 bits per heavy atom. The number of carbonyl (C=O) groups excluding carboxylic acids is 1. The van der Waals surface area contributed by atoms with Crippen molar-refractivity contribution >= 4 is 5.91 Å². The van der Waals surface area contributed by atoms with Gasteiger partial charge in [0.25, 0.3) is 0 Å². The smallest absolute Gasteiger partial charge is 0.243 e. The Bertz CT molecular complexity index is 152. The standard InChI is InChI=1S/C8H13NO.2C2H6/c1-2-7-4-3-5-8(10)9-6-7;2*1-2/h3,5,7H,2,4,6H2,1H3,(H,9,10);2*1-2H3. The number of rotatable bonds is 1. The quantitative estimate of drug-likeness (QED) is 0.690. The highest BCUT2D eigenvalue weighted by molar-refractivity contribution is 5.87. The summed E-state index contributed by atoms with van der Waals surface area (Å²) >= 11 is 0. The summed E-state index contributed by atoms with van der Waals surface area (Å²) in [5, 5.41) is 2.82. The van der Waals surface area contributed by atoms with Gasteiger partial charge in [0.05, 0.1) is 0 Å². The second-order valence-corrected chi connectivity index (χ2v) is 2.66. The second kappa shape index (κ2) is 12.2. The minimum absolute atomic E-state index is 0.0518. The molecule has 0 aromatic carbocycles. The normalized spacial score (nSPS) is 19.2. The van der Waals surface area contributed by atoms with E-state index in [-0.39, 0.29) is 5.91 Å². The van der Waals surface area contributed by atoms with Crippen molar-refractivity contribution in [2.24, 2.45) is 5.92 Å². The summed E-state index contributed by atoms with van der Waals surface area (Å²) in [6.07, 6.45) is 5.76. The molecule has 2 heteroatoms. The van der Waals surface area contributed by atoms with Gasteiger partial charge in [-0.25, -0.2) is 0 Å². The molecule has 0 radical (unpaired) electrons. The molecule has 0 bridgehead atoms. The summed E-state index contributed by atoms with van der Waals surface area (Å²) in [7, 11) is 0. The second-order valence-electron chi connectivity index (χ2n) is 2.66. The minimum atomic E-state index is 0.0518. The highest BCUT2D eigenvalue weighted by atomic mass is 16.1. The Kier molecular flexibility index (Phi) is 13.7. The van der Waals surface area contributed by atoms with Gasteiger partial charge in [-0.1, -0.05) is 47.1 Å². The molecule has 0 spiro atoms. The zero-order chi connectivity index (χ0) is 11.4. The van der Waals surface area contributed by atoms with Crippen molar-refractivity contribution < 1.29 is 4.79 Å². The Morgan fingerprint density at radius 3 is 2.43 bits per heavy atom. The SMILES string of the molecule is CC.CC.CCC1CC=CC(=O)NC1. The maximum atomic E-state index is 10.7. The topological polar surface area (TPSA) is 29.1 Å². The van der Waals surface area contributed by atoms with Gasteiger partial charge in [-0.15, -0.1) is 0 Å². The van der Waals surface area contributed by atoms with Crippen LogP contribution in [0, 0.1) is 5.92 Å². The van der Waals surface area contributed by atoms with E-state index in [9.17, 15) is 4.79 Å². The summed E-state index contributed by atoms with van der Waals surface area (Å²) in [4.78, 5) is 10.7. The van der Waals surface area contributed by atoms with Gasteiger partial charge in [0.2, 0.25) is 5.91 Å². The predicted octanol–water partition coefficient (Wildman–Crippen LogP) is 3.14.